The summed E-state index contributed by atoms with van der Waals surface area (Å²) >= 11 is 0. The van der Waals surface area contributed by atoms with Gasteiger partial charge in [-0.2, -0.15) is 0 Å². The maximum absolute atomic E-state index is 14.4. The second kappa shape index (κ2) is 5.83. The minimum atomic E-state index is -2.85. The van der Waals surface area contributed by atoms with Crippen LogP contribution in [0.5, 0.6) is 0 Å². The average molecular weight is 352 g/mol. The summed E-state index contributed by atoms with van der Waals surface area (Å²) in [5, 5.41) is 2.80. The normalized spacial score (nSPS) is 17.5. The first-order valence-electron chi connectivity index (χ1n) is 8.74. The van der Waals surface area contributed by atoms with Crippen molar-refractivity contribution in [2.24, 2.45) is 0 Å². The van der Waals surface area contributed by atoms with Gasteiger partial charge in [0.1, 0.15) is 0 Å². The SMILES string of the molecule is O=P1(c2ccccc2)c2ccccc2-c2ccc(-c3ccccc3)cc21. The van der Waals surface area contributed by atoms with Crippen LogP contribution in [0.3, 0.4) is 0 Å². The van der Waals surface area contributed by atoms with Gasteiger partial charge < -0.3 is 4.57 Å². The Hall–Kier alpha value is -2.89. The highest BCUT2D eigenvalue weighted by molar-refractivity contribution is 7.86. The lowest BCUT2D eigenvalue weighted by Crippen LogP contribution is -2.20. The van der Waals surface area contributed by atoms with Crippen LogP contribution in [0.1, 0.15) is 0 Å². The molecule has 0 aromatic heterocycles. The van der Waals surface area contributed by atoms with E-state index in [2.05, 4.69) is 36.4 Å². The van der Waals surface area contributed by atoms with Crippen molar-refractivity contribution in [1.29, 1.82) is 0 Å². The Labute approximate surface area is 153 Å². The molecule has 1 heterocycles. The van der Waals surface area contributed by atoms with E-state index < -0.39 is 7.14 Å². The molecule has 0 radical (unpaired) electrons. The molecule has 0 saturated carbocycles. The van der Waals surface area contributed by atoms with Gasteiger partial charge in [0.05, 0.1) is 0 Å². The number of fused-ring (bicyclic) bond motifs is 3. The lowest BCUT2D eigenvalue weighted by molar-refractivity contribution is 0.593. The van der Waals surface area contributed by atoms with Crippen molar-refractivity contribution >= 4 is 23.1 Å². The maximum atomic E-state index is 14.4. The Balaban J connectivity index is 1.82. The fraction of sp³-hybridized carbons (Fsp3) is 0. The smallest absolute Gasteiger partial charge is 0.172 e. The molecule has 0 aliphatic carbocycles. The number of hydrogen-bond donors (Lipinski definition) is 0. The van der Waals surface area contributed by atoms with Crippen LogP contribution in [-0.2, 0) is 4.57 Å². The topological polar surface area (TPSA) is 17.1 Å². The molecular weight excluding hydrogens is 335 g/mol. The van der Waals surface area contributed by atoms with E-state index in [4.69, 9.17) is 0 Å². The van der Waals surface area contributed by atoms with Crippen molar-refractivity contribution in [2.45, 2.75) is 0 Å². The van der Waals surface area contributed by atoms with Gasteiger partial charge in [0, 0.05) is 15.9 Å². The molecule has 124 valence electrons. The quantitative estimate of drug-likeness (QED) is 0.410. The molecular formula is C24H17OP. The third kappa shape index (κ3) is 2.14. The first-order chi connectivity index (χ1) is 12.8. The molecule has 0 spiro atoms. The lowest BCUT2D eigenvalue weighted by atomic mass is 10.0. The van der Waals surface area contributed by atoms with Gasteiger partial charge in [0.25, 0.3) is 0 Å². The molecule has 4 aromatic carbocycles. The Bertz CT molecular complexity index is 1150. The summed E-state index contributed by atoms with van der Waals surface area (Å²) in [5.41, 5.74) is 4.43. The van der Waals surface area contributed by atoms with Crippen LogP contribution in [0, 0.1) is 0 Å². The van der Waals surface area contributed by atoms with E-state index in [-0.39, 0.29) is 0 Å². The minimum Gasteiger partial charge on any atom is -0.309 e. The van der Waals surface area contributed by atoms with E-state index in [9.17, 15) is 4.57 Å². The van der Waals surface area contributed by atoms with Gasteiger partial charge >= 0.3 is 0 Å². The van der Waals surface area contributed by atoms with E-state index in [1.54, 1.807) is 0 Å². The highest BCUT2D eigenvalue weighted by Crippen LogP contribution is 2.52. The summed E-state index contributed by atoms with van der Waals surface area (Å²) < 4.78 is 14.4. The van der Waals surface area contributed by atoms with Crippen LogP contribution in [0.4, 0.5) is 0 Å². The van der Waals surface area contributed by atoms with Gasteiger partial charge in [-0.3, -0.25) is 0 Å². The van der Waals surface area contributed by atoms with Crippen LogP contribution in [0.2, 0.25) is 0 Å². The van der Waals surface area contributed by atoms with E-state index >= 15 is 0 Å². The fourth-order valence-corrected chi connectivity index (χ4v) is 6.95. The van der Waals surface area contributed by atoms with Gasteiger partial charge in [-0.05, 0) is 28.3 Å². The van der Waals surface area contributed by atoms with Gasteiger partial charge in [0.15, 0.2) is 7.14 Å². The first kappa shape index (κ1) is 15.4. The summed E-state index contributed by atoms with van der Waals surface area (Å²) in [6.07, 6.45) is 0. The molecule has 0 bridgehead atoms. The molecule has 1 aliphatic heterocycles. The number of benzene rings is 4. The van der Waals surface area contributed by atoms with E-state index in [1.165, 1.54) is 0 Å². The van der Waals surface area contributed by atoms with E-state index in [1.807, 2.05) is 66.7 Å². The zero-order valence-electron chi connectivity index (χ0n) is 14.2. The third-order valence-corrected chi connectivity index (χ3v) is 8.24. The summed E-state index contributed by atoms with van der Waals surface area (Å²) in [5.74, 6) is 0. The largest absolute Gasteiger partial charge is 0.309 e. The van der Waals surface area contributed by atoms with Gasteiger partial charge in [-0.15, -0.1) is 0 Å². The molecule has 0 saturated heterocycles. The standard InChI is InChI=1S/C24H17OP/c25-26(20-11-5-2-6-12-20)23-14-8-7-13-21(23)22-16-15-19(17-24(22)26)18-9-3-1-4-10-18/h1-17H. The molecule has 0 fully saturated rings. The molecule has 26 heavy (non-hydrogen) atoms. The average Bonchev–Trinajstić information content (AvgIpc) is 2.99. The summed E-state index contributed by atoms with van der Waals surface area (Å²) in [4.78, 5) is 0. The third-order valence-electron chi connectivity index (χ3n) is 5.10. The lowest BCUT2D eigenvalue weighted by Gasteiger charge is -2.16. The predicted octanol–water partition coefficient (Wildman–Crippen LogP) is 4.97. The molecule has 2 heteroatoms. The highest BCUT2D eigenvalue weighted by atomic mass is 31.2. The number of hydrogen-bond acceptors (Lipinski definition) is 1. The monoisotopic (exact) mass is 352 g/mol. The molecule has 1 nitrogen and oxygen atoms in total. The zero-order chi connectivity index (χ0) is 17.6. The van der Waals surface area contributed by atoms with Crippen molar-refractivity contribution in [2.75, 3.05) is 0 Å². The van der Waals surface area contributed by atoms with Crippen LogP contribution in [-0.4, -0.2) is 0 Å². The van der Waals surface area contributed by atoms with Gasteiger partial charge in [-0.25, -0.2) is 0 Å². The van der Waals surface area contributed by atoms with Gasteiger partial charge in [-0.1, -0.05) is 97.1 Å². The Morgan fingerprint density at radius 1 is 0.500 bits per heavy atom. The van der Waals surface area contributed by atoms with Crippen molar-refractivity contribution in [3.05, 3.63) is 103 Å². The molecule has 1 unspecified atom stereocenters. The maximum Gasteiger partial charge on any atom is 0.172 e. The first-order valence-corrected chi connectivity index (χ1v) is 10.4. The molecule has 1 atom stereocenters. The molecule has 1 aliphatic rings. The molecule has 4 aromatic rings. The molecule has 0 amide bonds. The fourth-order valence-electron chi connectivity index (χ4n) is 3.85. The predicted molar refractivity (Wildman–Crippen MR) is 110 cm³/mol. The van der Waals surface area contributed by atoms with Crippen LogP contribution < -0.4 is 15.9 Å². The van der Waals surface area contributed by atoms with Crippen molar-refractivity contribution in [1.82, 2.24) is 0 Å². The minimum absolute atomic E-state index is 0.899. The summed E-state index contributed by atoms with van der Waals surface area (Å²) in [7, 11) is -2.85. The summed E-state index contributed by atoms with van der Waals surface area (Å²) in [6, 6.07) is 34.6. The second-order valence-electron chi connectivity index (χ2n) is 6.56. The van der Waals surface area contributed by atoms with E-state index in [0.29, 0.717) is 0 Å². The second-order valence-corrected chi connectivity index (χ2v) is 9.26. The van der Waals surface area contributed by atoms with Crippen molar-refractivity contribution < 1.29 is 4.57 Å². The van der Waals surface area contributed by atoms with E-state index in [0.717, 1.165) is 38.2 Å². The number of rotatable bonds is 2. The van der Waals surface area contributed by atoms with Crippen LogP contribution in [0.25, 0.3) is 22.3 Å². The zero-order valence-corrected chi connectivity index (χ0v) is 15.1. The Morgan fingerprint density at radius 3 is 1.88 bits per heavy atom. The highest BCUT2D eigenvalue weighted by Gasteiger charge is 2.39. The van der Waals surface area contributed by atoms with Crippen molar-refractivity contribution in [3.63, 3.8) is 0 Å². The van der Waals surface area contributed by atoms with Crippen LogP contribution >= 0.6 is 7.14 Å². The van der Waals surface area contributed by atoms with Crippen molar-refractivity contribution in [3.8, 4) is 22.3 Å². The Kier molecular flexibility index (Phi) is 3.45. The Morgan fingerprint density at radius 2 is 1.12 bits per heavy atom. The van der Waals surface area contributed by atoms with Gasteiger partial charge in [0.2, 0.25) is 0 Å². The van der Waals surface area contributed by atoms with Crippen LogP contribution in [0.15, 0.2) is 103 Å². The summed E-state index contributed by atoms with van der Waals surface area (Å²) in [6.45, 7) is 0. The molecule has 5 rings (SSSR count). The molecule has 0 N–H and O–H groups in total.